The summed E-state index contributed by atoms with van der Waals surface area (Å²) in [6, 6.07) is 4.11. The highest BCUT2D eigenvalue weighted by molar-refractivity contribution is 9.10. The van der Waals surface area contributed by atoms with Crippen LogP contribution in [-0.2, 0) is 0 Å². The number of rotatable bonds is 4. The number of amides is 1. The number of hydrogen-bond donors (Lipinski definition) is 2. The number of hydrogen-bond acceptors (Lipinski definition) is 2. The van der Waals surface area contributed by atoms with Gasteiger partial charge in [-0.2, -0.15) is 0 Å². The van der Waals surface area contributed by atoms with Gasteiger partial charge < -0.3 is 11.1 Å². The van der Waals surface area contributed by atoms with Crippen molar-refractivity contribution in [1.29, 1.82) is 0 Å². The highest BCUT2D eigenvalue weighted by Crippen LogP contribution is 2.16. The SMILES string of the molecule is CC(C)C(CN)NC(=O)c1cc(Br)ccc1F. The molecule has 1 amide bonds. The van der Waals surface area contributed by atoms with E-state index in [-0.39, 0.29) is 17.5 Å². The average molecular weight is 303 g/mol. The van der Waals surface area contributed by atoms with E-state index in [0.29, 0.717) is 11.0 Å². The first kappa shape index (κ1) is 14.1. The molecule has 1 rings (SSSR count). The van der Waals surface area contributed by atoms with E-state index in [1.54, 1.807) is 6.07 Å². The third kappa shape index (κ3) is 3.78. The van der Waals surface area contributed by atoms with E-state index in [0.717, 1.165) is 0 Å². The maximum atomic E-state index is 13.5. The third-order valence-corrected chi connectivity index (χ3v) is 3.04. The van der Waals surface area contributed by atoms with Crippen molar-refractivity contribution in [3.8, 4) is 0 Å². The van der Waals surface area contributed by atoms with Crippen LogP contribution in [0.5, 0.6) is 0 Å². The Morgan fingerprint density at radius 3 is 2.71 bits per heavy atom. The lowest BCUT2D eigenvalue weighted by atomic mass is 10.0. The van der Waals surface area contributed by atoms with E-state index in [2.05, 4.69) is 21.2 Å². The molecule has 3 N–H and O–H groups in total. The first-order valence-electron chi connectivity index (χ1n) is 5.41. The second kappa shape index (κ2) is 6.12. The van der Waals surface area contributed by atoms with E-state index >= 15 is 0 Å². The molecule has 0 aliphatic carbocycles. The van der Waals surface area contributed by atoms with Gasteiger partial charge in [0.15, 0.2) is 0 Å². The molecule has 3 nitrogen and oxygen atoms in total. The lowest BCUT2D eigenvalue weighted by Gasteiger charge is -2.20. The molecule has 94 valence electrons. The largest absolute Gasteiger partial charge is 0.348 e. The van der Waals surface area contributed by atoms with Crippen LogP contribution in [0.4, 0.5) is 4.39 Å². The number of benzene rings is 1. The zero-order chi connectivity index (χ0) is 13.0. The van der Waals surface area contributed by atoms with Gasteiger partial charge in [-0.3, -0.25) is 4.79 Å². The Morgan fingerprint density at radius 2 is 2.18 bits per heavy atom. The van der Waals surface area contributed by atoms with Gasteiger partial charge in [-0.1, -0.05) is 29.8 Å². The molecule has 1 unspecified atom stereocenters. The Balaban J connectivity index is 2.86. The number of nitrogens with one attached hydrogen (secondary N) is 1. The van der Waals surface area contributed by atoms with Gasteiger partial charge >= 0.3 is 0 Å². The molecule has 0 bridgehead atoms. The molecule has 17 heavy (non-hydrogen) atoms. The Hall–Kier alpha value is -0.940. The van der Waals surface area contributed by atoms with Crippen molar-refractivity contribution < 1.29 is 9.18 Å². The van der Waals surface area contributed by atoms with Crippen molar-refractivity contribution in [2.24, 2.45) is 11.7 Å². The Labute approximate surface area is 109 Å². The molecule has 0 fully saturated rings. The second-order valence-corrected chi connectivity index (χ2v) is 5.10. The summed E-state index contributed by atoms with van der Waals surface area (Å²) in [5, 5.41) is 2.73. The standard InChI is InChI=1S/C12H16BrFN2O/c1-7(2)11(6-15)16-12(17)9-5-8(13)3-4-10(9)14/h3-5,7,11H,6,15H2,1-2H3,(H,16,17). The van der Waals surface area contributed by atoms with Gasteiger partial charge in [0.1, 0.15) is 5.82 Å². The second-order valence-electron chi connectivity index (χ2n) is 4.18. The highest BCUT2D eigenvalue weighted by atomic mass is 79.9. The highest BCUT2D eigenvalue weighted by Gasteiger charge is 2.18. The van der Waals surface area contributed by atoms with Gasteiger partial charge in [0.2, 0.25) is 0 Å². The molecular formula is C12H16BrFN2O. The summed E-state index contributed by atoms with van der Waals surface area (Å²) in [6.07, 6.45) is 0. The van der Waals surface area contributed by atoms with Crippen LogP contribution in [0, 0.1) is 11.7 Å². The summed E-state index contributed by atoms with van der Waals surface area (Å²) >= 11 is 3.21. The van der Waals surface area contributed by atoms with Crippen LogP contribution in [-0.4, -0.2) is 18.5 Å². The molecule has 0 saturated heterocycles. The van der Waals surface area contributed by atoms with Crippen molar-refractivity contribution in [2.75, 3.05) is 6.54 Å². The Kier molecular flexibility index (Phi) is 5.08. The van der Waals surface area contributed by atoms with Gasteiger partial charge in [-0.25, -0.2) is 4.39 Å². The van der Waals surface area contributed by atoms with Crippen LogP contribution in [0.1, 0.15) is 24.2 Å². The van der Waals surface area contributed by atoms with Gasteiger partial charge in [0, 0.05) is 17.1 Å². The monoisotopic (exact) mass is 302 g/mol. The van der Waals surface area contributed by atoms with Crippen LogP contribution in [0.3, 0.4) is 0 Å². The number of nitrogens with two attached hydrogens (primary N) is 1. The third-order valence-electron chi connectivity index (χ3n) is 2.55. The molecule has 0 radical (unpaired) electrons. The normalized spacial score (nSPS) is 12.6. The molecule has 1 aromatic rings. The smallest absolute Gasteiger partial charge is 0.254 e. The van der Waals surface area contributed by atoms with E-state index in [1.807, 2.05) is 13.8 Å². The van der Waals surface area contributed by atoms with E-state index in [1.165, 1.54) is 12.1 Å². The summed E-state index contributed by atoms with van der Waals surface area (Å²) in [4.78, 5) is 11.9. The molecular weight excluding hydrogens is 287 g/mol. The molecule has 5 heteroatoms. The Bertz CT molecular complexity index is 409. The van der Waals surface area contributed by atoms with Crippen LogP contribution in [0.15, 0.2) is 22.7 Å². The zero-order valence-electron chi connectivity index (χ0n) is 9.84. The fourth-order valence-electron chi connectivity index (χ4n) is 1.42. The maximum absolute atomic E-state index is 13.5. The first-order chi connectivity index (χ1) is 7.95. The summed E-state index contributed by atoms with van der Waals surface area (Å²) in [7, 11) is 0. The van der Waals surface area contributed by atoms with Gasteiger partial charge in [0.25, 0.3) is 5.91 Å². The van der Waals surface area contributed by atoms with E-state index < -0.39 is 11.7 Å². The minimum atomic E-state index is -0.537. The molecule has 0 aliphatic heterocycles. The summed E-state index contributed by atoms with van der Waals surface area (Å²) in [5.74, 6) is -0.766. The summed E-state index contributed by atoms with van der Waals surface area (Å²) in [5.41, 5.74) is 5.58. The van der Waals surface area contributed by atoms with Gasteiger partial charge in [0.05, 0.1) is 5.56 Å². The fraction of sp³-hybridized carbons (Fsp3) is 0.417. The van der Waals surface area contributed by atoms with Crippen molar-refractivity contribution in [1.82, 2.24) is 5.32 Å². The van der Waals surface area contributed by atoms with Crippen molar-refractivity contribution in [3.63, 3.8) is 0 Å². The molecule has 0 aliphatic rings. The number of carbonyl (C=O) groups excluding carboxylic acids is 1. The molecule has 1 atom stereocenters. The predicted molar refractivity (Wildman–Crippen MR) is 69.2 cm³/mol. The van der Waals surface area contributed by atoms with Gasteiger partial charge in [-0.05, 0) is 24.1 Å². The van der Waals surface area contributed by atoms with Crippen LogP contribution >= 0.6 is 15.9 Å². The number of halogens is 2. The molecule has 0 spiro atoms. The number of carbonyl (C=O) groups is 1. The Morgan fingerprint density at radius 1 is 1.53 bits per heavy atom. The van der Waals surface area contributed by atoms with E-state index in [9.17, 15) is 9.18 Å². The maximum Gasteiger partial charge on any atom is 0.254 e. The quantitative estimate of drug-likeness (QED) is 0.897. The van der Waals surface area contributed by atoms with Crippen LogP contribution in [0.25, 0.3) is 0 Å². The zero-order valence-corrected chi connectivity index (χ0v) is 11.4. The van der Waals surface area contributed by atoms with Crippen molar-refractivity contribution in [3.05, 3.63) is 34.1 Å². The van der Waals surface area contributed by atoms with E-state index in [4.69, 9.17) is 5.73 Å². The van der Waals surface area contributed by atoms with Crippen molar-refractivity contribution >= 4 is 21.8 Å². The minimum Gasteiger partial charge on any atom is -0.348 e. The molecule has 0 aromatic heterocycles. The lowest BCUT2D eigenvalue weighted by molar-refractivity contribution is 0.0923. The summed E-state index contributed by atoms with van der Waals surface area (Å²) < 4.78 is 14.1. The van der Waals surface area contributed by atoms with Gasteiger partial charge in [-0.15, -0.1) is 0 Å². The fourth-order valence-corrected chi connectivity index (χ4v) is 1.78. The predicted octanol–water partition coefficient (Wildman–Crippen LogP) is 2.30. The first-order valence-corrected chi connectivity index (χ1v) is 6.21. The molecule has 1 aromatic carbocycles. The van der Waals surface area contributed by atoms with Crippen LogP contribution in [0.2, 0.25) is 0 Å². The lowest BCUT2D eigenvalue weighted by Crippen LogP contribution is -2.43. The van der Waals surface area contributed by atoms with Crippen LogP contribution < -0.4 is 11.1 Å². The molecule has 0 saturated carbocycles. The minimum absolute atomic E-state index is 0.0264. The average Bonchev–Trinajstić information content (AvgIpc) is 2.28. The topological polar surface area (TPSA) is 55.1 Å². The summed E-state index contributed by atoms with van der Waals surface area (Å²) in [6.45, 7) is 4.24. The van der Waals surface area contributed by atoms with Crippen molar-refractivity contribution in [2.45, 2.75) is 19.9 Å². The molecule has 0 heterocycles.